The molecule has 0 aliphatic heterocycles. The molecule has 0 atom stereocenters. The minimum atomic E-state index is -0.366. The summed E-state index contributed by atoms with van der Waals surface area (Å²) in [5, 5.41) is 0. The van der Waals surface area contributed by atoms with E-state index in [1.165, 1.54) is 12.1 Å². The Balaban J connectivity index is 2.25. The SMILES string of the molecule is Cc1nc(Oc2cc(F)cc(Br)c2)ccc1CN. The molecule has 94 valence electrons. The number of aryl methyl sites for hydroxylation is 1. The van der Waals surface area contributed by atoms with E-state index in [-0.39, 0.29) is 5.82 Å². The molecule has 0 unspecified atom stereocenters. The number of halogens is 2. The summed E-state index contributed by atoms with van der Waals surface area (Å²) in [5.74, 6) is 0.450. The number of nitrogens with two attached hydrogens (primary N) is 1. The maximum absolute atomic E-state index is 13.2. The van der Waals surface area contributed by atoms with Gasteiger partial charge in [-0.3, -0.25) is 0 Å². The number of aromatic nitrogens is 1. The summed E-state index contributed by atoms with van der Waals surface area (Å²) < 4.78 is 19.3. The smallest absolute Gasteiger partial charge is 0.219 e. The maximum Gasteiger partial charge on any atom is 0.219 e. The van der Waals surface area contributed by atoms with Gasteiger partial charge in [-0.2, -0.15) is 0 Å². The lowest BCUT2D eigenvalue weighted by atomic mass is 10.2. The van der Waals surface area contributed by atoms with E-state index in [9.17, 15) is 4.39 Å². The fraction of sp³-hybridized carbons (Fsp3) is 0.154. The van der Waals surface area contributed by atoms with Crippen LogP contribution in [-0.4, -0.2) is 4.98 Å². The lowest BCUT2D eigenvalue weighted by Crippen LogP contribution is -2.01. The molecule has 0 radical (unpaired) electrons. The summed E-state index contributed by atoms with van der Waals surface area (Å²) >= 11 is 3.21. The molecule has 0 saturated carbocycles. The normalized spacial score (nSPS) is 10.4. The number of ether oxygens (including phenoxy) is 1. The second-order valence-electron chi connectivity index (χ2n) is 3.81. The summed E-state index contributed by atoms with van der Waals surface area (Å²) in [7, 11) is 0. The van der Waals surface area contributed by atoms with Crippen LogP contribution in [0.2, 0.25) is 0 Å². The first-order valence-corrected chi connectivity index (χ1v) is 6.18. The molecular weight excluding hydrogens is 299 g/mol. The van der Waals surface area contributed by atoms with Gasteiger partial charge in [-0.15, -0.1) is 0 Å². The minimum Gasteiger partial charge on any atom is -0.439 e. The third-order valence-corrected chi connectivity index (χ3v) is 2.91. The number of hydrogen-bond donors (Lipinski definition) is 1. The fourth-order valence-electron chi connectivity index (χ4n) is 1.55. The first-order chi connectivity index (χ1) is 8.58. The molecular formula is C13H12BrFN2O. The molecule has 3 nitrogen and oxygen atoms in total. The molecule has 5 heteroatoms. The highest BCUT2D eigenvalue weighted by Crippen LogP contribution is 2.25. The van der Waals surface area contributed by atoms with Crippen LogP contribution in [0.1, 0.15) is 11.3 Å². The van der Waals surface area contributed by atoms with Gasteiger partial charge in [0.05, 0.1) is 0 Å². The highest BCUT2D eigenvalue weighted by Gasteiger charge is 2.05. The van der Waals surface area contributed by atoms with E-state index in [0.717, 1.165) is 11.3 Å². The van der Waals surface area contributed by atoms with Crippen molar-refractivity contribution >= 4 is 15.9 Å². The van der Waals surface area contributed by atoms with Crippen LogP contribution in [0, 0.1) is 12.7 Å². The summed E-state index contributed by atoms with van der Waals surface area (Å²) in [5.41, 5.74) is 7.33. The Bertz CT molecular complexity index is 555. The molecule has 1 heterocycles. The first kappa shape index (κ1) is 13.0. The molecule has 0 saturated heterocycles. The van der Waals surface area contributed by atoms with E-state index in [1.807, 2.05) is 13.0 Å². The second-order valence-corrected chi connectivity index (χ2v) is 4.72. The molecule has 1 aromatic carbocycles. The molecule has 0 bridgehead atoms. The summed E-state index contributed by atoms with van der Waals surface area (Å²) in [4.78, 5) is 4.26. The molecule has 0 amide bonds. The van der Waals surface area contributed by atoms with E-state index in [0.29, 0.717) is 22.6 Å². The number of rotatable bonds is 3. The summed E-state index contributed by atoms with van der Waals surface area (Å²) in [6.45, 7) is 2.29. The molecule has 2 rings (SSSR count). The average molecular weight is 311 g/mol. The van der Waals surface area contributed by atoms with Gasteiger partial charge in [-0.1, -0.05) is 22.0 Å². The Labute approximate surface area is 113 Å². The van der Waals surface area contributed by atoms with Crippen LogP contribution in [-0.2, 0) is 6.54 Å². The van der Waals surface area contributed by atoms with E-state index < -0.39 is 0 Å². The average Bonchev–Trinajstić information content (AvgIpc) is 2.27. The van der Waals surface area contributed by atoms with Crippen molar-refractivity contribution in [1.29, 1.82) is 0 Å². The van der Waals surface area contributed by atoms with E-state index in [2.05, 4.69) is 20.9 Å². The Hall–Kier alpha value is -1.46. The van der Waals surface area contributed by atoms with Gasteiger partial charge < -0.3 is 10.5 Å². The third-order valence-electron chi connectivity index (χ3n) is 2.45. The van der Waals surface area contributed by atoms with Crippen molar-refractivity contribution in [2.75, 3.05) is 0 Å². The first-order valence-electron chi connectivity index (χ1n) is 5.39. The van der Waals surface area contributed by atoms with Crippen molar-refractivity contribution in [2.45, 2.75) is 13.5 Å². The predicted molar refractivity (Wildman–Crippen MR) is 71.0 cm³/mol. The van der Waals surface area contributed by atoms with Gasteiger partial charge in [-0.05, 0) is 24.6 Å². The van der Waals surface area contributed by atoms with Crippen LogP contribution in [0.15, 0.2) is 34.8 Å². The Morgan fingerprint density at radius 1 is 1.33 bits per heavy atom. The van der Waals surface area contributed by atoms with Crippen molar-refractivity contribution in [3.05, 3.63) is 51.9 Å². The maximum atomic E-state index is 13.2. The molecule has 0 fully saturated rings. The quantitative estimate of drug-likeness (QED) is 0.943. The van der Waals surface area contributed by atoms with Crippen molar-refractivity contribution in [3.8, 4) is 11.6 Å². The number of hydrogen-bond acceptors (Lipinski definition) is 3. The van der Waals surface area contributed by atoms with Gasteiger partial charge in [0.1, 0.15) is 11.6 Å². The van der Waals surface area contributed by atoms with Gasteiger partial charge >= 0.3 is 0 Å². The van der Waals surface area contributed by atoms with Gasteiger partial charge in [0.15, 0.2) is 0 Å². The zero-order chi connectivity index (χ0) is 13.1. The van der Waals surface area contributed by atoms with Crippen LogP contribution in [0.25, 0.3) is 0 Å². The minimum absolute atomic E-state index is 0.366. The Kier molecular flexibility index (Phi) is 3.93. The van der Waals surface area contributed by atoms with Crippen LogP contribution in [0.3, 0.4) is 0 Å². The Morgan fingerprint density at radius 2 is 2.11 bits per heavy atom. The number of pyridine rings is 1. The monoisotopic (exact) mass is 310 g/mol. The fourth-order valence-corrected chi connectivity index (χ4v) is 1.99. The number of benzene rings is 1. The lowest BCUT2D eigenvalue weighted by molar-refractivity contribution is 0.456. The summed E-state index contributed by atoms with van der Waals surface area (Å²) in [6.07, 6.45) is 0. The van der Waals surface area contributed by atoms with Gasteiger partial charge in [0, 0.05) is 28.8 Å². The topological polar surface area (TPSA) is 48.1 Å². The molecule has 2 aromatic rings. The van der Waals surface area contributed by atoms with Crippen LogP contribution in [0.4, 0.5) is 4.39 Å². The summed E-state index contributed by atoms with van der Waals surface area (Å²) in [6, 6.07) is 7.92. The Morgan fingerprint density at radius 3 is 2.72 bits per heavy atom. The van der Waals surface area contributed by atoms with Crippen molar-refractivity contribution in [3.63, 3.8) is 0 Å². The van der Waals surface area contributed by atoms with Crippen LogP contribution < -0.4 is 10.5 Å². The van der Waals surface area contributed by atoms with E-state index in [1.54, 1.807) is 12.1 Å². The van der Waals surface area contributed by atoms with E-state index in [4.69, 9.17) is 10.5 Å². The largest absolute Gasteiger partial charge is 0.439 e. The van der Waals surface area contributed by atoms with Crippen LogP contribution >= 0.6 is 15.9 Å². The van der Waals surface area contributed by atoms with Gasteiger partial charge in [0.25, 0.3) is 0 Å². The predicted octanol–water partition coefficient (Wildman–Crippen LogP) is 3.54. The third kappa shape index (κ3) is 3.05. The molecule has 0 aliphatic carbocycles. The van der Waals surface area contributed by atoms with Gasteiger partial charge in [-0.25, -0.2) is 9.37 Å². The zero-order valence-electron chi connectivity index (χ0n) is 9.78. The molecule has 2 N–H and O–H groups in total. The highest BCUT2D eigenvalue weighted by molar-refractivity contribution is 9.10. The molecule has 0 aliphatic rings. The molecule has 1 aromatic heterocycles. The highest BCUT2D eigenvalue weighted by atomic mass is 79.9. The van der Waals surface area contributed by atoms with Crippen molar-refractivity contribution in [1.82, 2.24) is 4.98 Å². The molecule has 0 spiro atoms. The number of nitrogens with zero attached hydrogens (tertiary/aromatic N) is 1. The standard InChI is InChI=1S/C13H12BrFN2O/c1-8-9(7-16)2-3-13(17-8)18-12-5-10(14)4-11(15)6-12/h2-6H,7,16H2,1H3. The molecule has 18 heavy (non-hydrogen) atoms. The van der Waals surface area contributed by atoms with Gasteiger partial charge in [0.2, 0.25) is 5.88 Å². The van der Waals surface area contributed by atoms with E-state index >= 15 is 0 Å². The van der Waals surface area contributed by atoms with Crippen LogP contribution in [0.5, 0.6) is 11.6 Å². The zero-order valence-corrected chi connectivity index (χ0v) is 11.4. The second kappa shape index (κ2) is 5.46. The van der Waals surface area contributed by atoms with Crippen molar-refractivity contribution in [2.24, 2.45) is 5.73 Å². The lowest BCUT2D eigenvalue weighted by Gasteiger charge is -2.08. The van der Waals surface area contributed by atoms with Crippen molar-refractivity contribution < 1.29 is 9.13 Å².